The summed E-state index contributed by atoms with van der Waals surface area (Å²) in [5.41, 5.74) is 2.81. The van der Waals surface area contributed by atoms with Gasteiger partial charge in [0.25, 0.3) is 0 Å². The van der Waals surface area contributed by atoms with Crippen LogP contribution in [0.2, 0.25) is 6.55 Å². The first-order chi connectivity index (χ1) is 7.45. The highest BCUT2D eigenvalue weighted by Crippen LogP contribution is 2.27. The standard InChI is InChI=1S/C13H10.CH6Si.H2O/c1-4-10-6-2-8-12-9-3-7-11(5-1)13(10)12;1-2;/h1-8H,9H2;1-2H3;1H2. The van der Waals surface area contributed by atoms with E-state index in [1.54, 1.807) is 0 Å². The molecule has 1 aliphatic rings. The van der Waals surface area contributed by atoms with E-state index in [0.29, 0.717) is 0 Å². The molecule has 0 spiro atoms. The Kier molecular flexibility index (Phi) is 4.47. The molecule has 2 aromatic rings. The molecular weight excluding hydrogens is 212 g/mol. The largest absolute Gasteiger partial charge is 0.412 e. The molecule has 0 saturated carbocycles. The molecule has 2 N–H and O–H groups in total. The van der Waals surface area contributed by atoms with Crippen LogP contribution in [0.4, 0.5) is 0 Å². The van der Waals surface area contributed by atoms with Crippen LogP contribution in [0, 0.1) is 0 Å². The normalized spacial score (nSPS) is 11.6. The van der Waals surface area contributed by atoms with E-state index in [4.69, 9.17) is 0 Å². The van der Waals surface area contributed by atoms with Gasteiger partial charge < -0.3 is 5.48 Å². The van der Waals surface area contributed by atoms with Gasteiger partial charge in [-0.1, -0.05) is 55.1 Å². The average molecular weight is 230 g/mol. The number of benzene rings is 2. The molecule has 0 aromatic heterocycles. The summed E-state index contributed by atoms with van der Waals surface area (Å²) in [6.45, 7) is 2.14. The van der Waals surface area contributed by atoms with Crippen LogP contribution < -0.4 is 0 Å². The summed E-state index contributed by atoms with van der Waals surface area (Å²) in [4.78, 5) is 0. The van der Waals surface area contributed by atoms with Gasteiger partial charge in [0.15, 0.2) is 0 Å². The molecule has 0 radical (unpaired) electrons. The molecular formula is C14H18OSi. The van der Waals surface area contributed by atoms with Gasteiger partial charge in [0.1, 0.15) is 0 Å². The summed E-state index contributed by atoms with van der Waals surface area (Å²) >= 11 is 0. The van der Waals surface area contributed by atoms with E-state index in [1.165, 1.54) is 32.1 Å². The van der Waals surface area contributed by atoms with Crippen molar-refractivity contribution in [3.63, 3.8) is 0 Å². The van der Waals surface area contributed by atoms with E-state index in [0.717, 1.165) is 6.42 Å². The summed E-state index contributed by atoms with van der Waals surface area (Å²) in [5.74, 6) is 0. The smallest absolute Gasteiger partial charge is 0.000585 e. The molecule has 0 aliphatic heterocycles. The molecule has 0 heterocycles. The van der Waals surface area contributed by atoms with E-state index in [-0.39, 0.29) is 5.48 Å². The quantitative estimate of drug-likeness (QED) is 0.620. The lowest BCUT2D eigenvalue weighted by molar-refractivity contribution is 0.824. The Morgan fingerprint density at radius 1 is 1.00 bits per heavy atom. The van der Waals surface area contributed by atoms with Crippen LogP contribution in [0.25, 0.3) is 16.8 Å². The third kappa shape index (κ3) is 2.08. The molecule has 3 rings (SSSR count). The number of hydrogen-bond acceptors (Lipinski definition) is 0. The molecule has 2 heteroatoms. The highest BCUT2D eigenvalue weighted by molar-refractivity contribution is 6.05. The van der Waals surface area contributed by atoms with Gasteiger partial charge in [0.2, 0.25) is 0 Å². The molecule has 0 atom stereocenters. The third-order valence-corrected chi connectivity index (χ3v) is 2.66. The maximum atomic E-state index is 2.23. The van der Waals surface area contributed by atoms with Crippen molar-refractivity contribution >= 4 is 27.1 Å². The zero-order valence-corrected chi connectivity index (χ0v) is 11.8. The molecule has 1 nitrogen and oxygen atoms in total. The lowest BCUT2D eigenvalue weighted by Gasteiger charge is -2.11. The van der Waals surface area contributed by atoms with Gasteiger partial charge in [0.05, 0.1) is 0 Å². The Balaban J connectivity index is 0.000000406. The topological polar surface area (TPSA) is 31.5 Å². The second-order valence-electron chi connectivity index (χ2n) is 3.47. The van der Waals surface area contributed by atoms with Crippen LogP contribution in [0.3, 0.4) is 0 Å². The van der Waals surface area contributed by atoms with Crippen molar-refractivity contribution in [1.82, 2.24) is 0 Å². The zero-order chi connectivity index (χ0) is 10.7. The van der Waals surface area contributed by atoms with Gasteiger partial charge in [-0.2, -0.15) is 0 Å². The first kappa shape index (κ1) is 12.7. The predicted molar refractivity (Wildman–Crippen MR) is 76.1 cm³/mol. The molecule has 0 amide bonds. The summed E-state index contributed by atoms with van der Waals surface area (Å²) in [6.07, 6.45) is 5.53. The van der Waals surface area contributed by atoms with Crippen LogP contribution in [0.5, 0.6) is 0 Å². The van der Waals surface area contributed by atoms with E-state index in [9.17, 15) is 0 Å². The predicted octanol–water partition coefficient (Wildman–Crippen LogP) is 1.98. The van der Waals surface area contributed by atoms with Crippen molar-refractivity contribution < 1.29 is 5.48 Å². The Labute approximate surface area is 99.5 Å². The second-order valence-corrected chi connectivity index (χ2v) is 3.47. The van der Waals surface area contributed by atoms with Gasteiger partial charge in [-0.3, -0.25) is 0 Å². The highest BCUT2D eigenvalue weighted by Gasteiger charge is 2.06. The molecule has 16 heavy (non-hydrogen) atoms. The fraction of sp³-hybridized carbons (Fsp3) is 0.143. The minimum atomic E-state index is 0. The van der Waals surface area contributed by atoms with Crippen molar-refractivity contribution in [2.75, 3.05) is 0 Å². The summed E-state index contributed by atoms with van der Waals surface area (Å²) in [7, 11) is 1.31. The minimum absolute atomic E-state index is 0. The molecule has 0 unspecified atom stereocenters. The Hall–Kier alpha value is -1.38. The van der Waals surface area contributed by atoms with Crippen molar-refractivity contribution in [3.8, 4) is 0 Å². The Morgan fingerprint density at radius 3 is 2.44 bits per heavy atom. The van der Waals surface area contributed by atoms with Gasteiger partial charge in [0, 0.05) is 0 Å². The molecule has 1 aliphatic carbocycles. The van der Waals surface area contributed by atoms with E-state index in [2.05, 4.69) is 55.1 Å². The van der Waals surface area contributed by atoms with Crippen LogP contribution >= 0.6 is 0 Å². The number of hydrogen-bond donors (Lipinski definition) is 0. The second kappa shape index (κ2) is 5.63. The summed E-state index contributed by atoms with van der Waals surface area (Å²) in [6, 6.07) is 13.0. The molecule has 0 saturated heterocycles. The van der Waals surface area contributed by atoms with Crippen LogP contribution in [-0.4, -0.2) is 15.7 Å². The third-order valence-electron chi connectivity index (χ3n) is 2.66. The molecule has 0 bridgehead atoms. The molecule has 2 aromatic carbocycles. The fourth-order valence-electron chi connectivity index (χ4n) is 2.07. The van der Waals surface area contributed by atoms with Gasteiger partial charge in [-0.25, -0.2) is 0 Å². The average Bonchev–Trinajstić information content (AvgIpc) is 2.33. The molecule has 84 valence electrons. The van der Waals surface area contributed by atoms with Gasteiger partial charge >= 0.3 is 0 Å². The Bertz CT molecular complexity index is 498. The van der Waals surface area contributed by atoms with E-state index < -0.39 is 0 Å². The Morgan fingerprint density at radius 2 is 1.69 bits per heavy atom. The van der Waals surface area contributed by atoms with Crippen LogP contribution in [0.1, 0.15) is 11.1 Å². The molecule has 0 fully saturated rings. The highest BCUT2D eigenvalue weighted by atomic mass is 28.1. The van der Waals surface area contributed by atoms with Crippen molar-refractivity contribution in [3.05, 3.63) is 53.6 Å². The lowest BCUT2D eigenvalue weighted by Crippen LogP contribution is -1.91. The van der Waals surface area contributed by atoms with E-state index >= 15 is 0 Å². The van der Waals surface area contributed by atoms with Gasteiger partial charge in [-0.15, -0.1) is 0 Å². The monoisotopic (exact) mass is 230 g/mol. The fourth-order valence-corrected chi connectivity index (χ4v) is 2.07. The number of allylic oxidation sites excluding steroid dienone is 1. The zero-order valence-electron chi connectivity index (χ0n) is 9.83. The number of rotatable bonds is 0. The maximum Gasteiger partial charge on any atom is -0.000585 e. The van der Waals surface area contributed by atoms with Crippen LogP contribution in [-0.2, 0) is 6.42 Å². The van der Waals surface area contributed by atoms with E-state index in [1.807, 2.05) is 0 Å². The van der Waals surface area contributed by atoms with Gasteiger partial charge in [-0.05, 0) is 38.6 Å². The lowest BCUT2D eigenvalue weighted by atomic mass is 9.93. The SMILES string of the molecule is C1=Cc2cccc3cccc(c23)C1.C[SiH3].O. The van der Waals surface area contributed by atoms with Crippen LogP contribution in [0.15, 0.2) is 42.5 Å². The maximum absolute atomic E-state index is 2.23. The minimum Gasteiger partial charge on any atom is -0.412 e. The summed E-state index contributed by atoms with van der Waals surface area (Å²) in [5, 5.41) is 2.80. The summed E-state index contributed by atoms with van der Waals surface area (Å²) < 4.78 is 0. The van der Waals surface area contributed by atoms with Crippen molar-refractivity contribution in [2.24, 2.45) is 0 Å². The first-order valence-corrected chi connectivity index (χ1v) is 7.62. The van der Waals surface area contributed by atoms with Crippen molar-refractivity contribution in [1.29, 1.82) is 0 Å². The van der Waals surface area contributed by atoms with Crippen molar-refractivity contribution in [2.45, 2.75) is 13.0 Å². The first-order valence-electron chi connectivity index (χ1n) is 5.62.